The maximum atomic E-state index is 12.1. The third-order valence-electron chi connectivity index (χ3n) is 2.52. The van der Waals surface area contributed by atoms with Crippen LogP contribution in [-0.4, -0.2) is 17.4 Å². The molecule has 0 saturated carbocycles. The highest BCUT2D eigenvalue weighted by atomic mass is 127. The van der Waals surface area contributed by atoms with Gasteiger partial charge in [0.25, 0.3) is 5.91 Å². The fraction of sp³-hybridized carbons (Fsp3) is 0.143. The van der Waals surface area contributed by atoms with Crippen LogP contribution in [0.3, 0.4) is 0 Å². The number of carbonyl (C=O) groups excluding carboxylic acids is 1. The van der Waals surface area contributed by atoms with Crippen LogP contribution in [0.15, 0.2) is 36.4 Å². The van der Waals surface area contributed by atoms with Crippen molar-refractivity contribution in [1.29, 1.82) is 0 Å². The lowest BCUT2D eigenvalue weighted by atomic mass is 10.3. The van der Waals surface area contributed by atoms with Crippen LogP contribution < -0.4 is 10.6 Å². The molecule has 1 aromatic heterocycles. The molecule has 0 aliphatic heterocycles. The molecule has 4 nitrogen and oxygen atoms in total. The van der Waals surface area contributed by atoms with Crippen LogP contribution in [0.25, 0.3) is 0 Å². The number of nitrogens with zero attached hydrogens (tertiary/aromatic N) is 1. The largest absolute Gasteiger partial charge is 0.370 e. The summed E-state index contributed by atoms with van der Waals surface area (Å²) < 4.78 is 1.01. The Morgan fingerprint density at radius 3 is 2.85 bits per heavy atom. The molecule has 1 amide bonds. The van der Waals surface area contributed by atoms with Crippen molar-refractivity contribution in [1.82, 2.24) is 4.98 Å². The van der Waals surface area contributed by atoms with Gasteiger partial charge >= 0.3 is 0 Å². The van der Waals surface area contributed by atoms with Crippen molar-refractivity contribution in [2.45, 2.75) is 6.92 Å². The maximum Gasteiger partial charge on any atom is 0.274 e. The number of halogens is 2. The summed E-state index contributed by atoms with van der Waals surface area (Å²) >= 11 is 8.25. The minimum absolute atomic E-state index is 0.284. The zero-order chi connectivity index (χ0) is 14.5. The van der Waals surface area contributed by atoms with Crippen molar-refractivity contribution in [3.63, 3.8) is 0 Å². The van der Waals surface area contributed by atoms with Crippen molar-refractivity contribution >= 4 is 51.6 Å². The van der Waals surface area contributed by atoms with Gasteiger partial charge in [-0.05, 0) is 59.8 Å². The lowest BCUT2D eigenvalue weighted by Crippen LogP contribution is -2.15. The fourth-order valence-electron chi connectivity index (χ4n) is 1.62. The van der Waals surface area contributed by atoms with Crippen molar-refractivity contribution < 1.29 is 4.79 Å². The third kappa shape index (κ3) is 3.83. The first-order valence-corrected chi connectivity index (χ1v) is 7.53. The second kappa shape index (κ2) is 6.90. The van der Waals surface area contributed by atoms with E-state index < -0.39 is 0 Å². The zero-order valence-electron chi connectivity index (χ0n) is 10.8. The predicted molar refractivity (Wildman–Crippen MR) is 90.5 cm³/mol. The number of anilines is 2. The highest BCUT2D eigenvalue weighted by molar-refractivity contribution is 14.1. The van der Waals surface area contributed by atoms with Gasteiger partial charge in [0.2, 0.25) is 0 Å². The molecule has 104 valence electrons. The Morgan fingerprint density at radius 2 is 2.15 bits per heavy atom. The van der Waals surface area contributed by atoms with Gasteiger partial charge in [-0.2, -0.15) is 0 Å². The number of amides is 1. The Labute approximate surface area is 136 Å². The summed E-state index contributed by atoms with van der Waals surface area (Å²) in [4.78, 5) is 16.4. The molecule has 0 radical (unpaired) electrons. The monoisotopic (exact) mass is 401 g/mol. The number of benzene rings is 1. The Hall–Kier alpha value is -1.34. The van der Waals surface area contributed by atoms with Gasteiger partial charge in [0.05, 0.1) is 10.7 Å². The number of hydrogen-bond donors (Lipinski definition) is 2. The summed E-state index contributed by atoms with van der Waals surface area (Å²) in [5.74, 6) is 0.390. The molecule has 2 N–H and O–H groups in total. The van der Waals surface area contributed by atoms with E-state index in [1.807, 2.05) is 19.1 Å². The van der Waals surface area contributed by atoms with Gasteiger partial charge < -0.3 is 10.6 Å². The molecule has 20 heavy (non-hydrogen) atoms. The summed E-state index contributed by atoms with van der Waals surface area (Å²) in [6.45, 7) is 2.72. The van der Waals surface area contributed by atoms with Gasteiger partial charge in [0, 0.05) is 10.1 Å². The van der Waals surface area contributed by atoms with Gasteiger partial charge in [-0.25, -0.2) is 4.98 Å². The smallest absolute Gasteiger partial charge is 0.274 e. The summed E-state index contributed by atoms with van der Waals surface area (Å²) in [6, 6.07) is 10.7. The highest BCUT2D eigenvalue weighted by Gasteiger charge is 2.10. The predicted octanol–water partition coefficient (Wildman–Crippen LogP) is 4.02. The zero-order valence-corrected chi connectivity index (χ0v) is 13.7. The van der Waals surface area contributed by atoms with Crippen LogP contribution in [0.1, 0.15) is 17.4 Å². The van der Waals surface area contributed by atoms with Gasteiger partial charge in [-0.3, -0.25) is 4.79 Å². The van der Waals surface area contributed by atoms with Gasteiger partial charge in [-0.1, -0.05) is 17.7 Å². The highest BCUT2D eigenvalue weighted by Crippen LogP contribution is 2.24. The molecule has 0 spiro atoms. The van der Waals surface area contributed by atoms with Crippen molar-refractivity contribution in [3.8, 4) is 0 Å². The standard InChI is InChI=1S/C14H13ClIN3O/c1-2-17-13-5-3-4-12(18-13)14(20)19-11-7-6-9(16)8-10(11)15/h3-8H,2H2,1H3,(H,17,18)(H,19,20). The molecule has 6 heteroatoms. The summed E-state index contributed by atoms with van der Waals surface area (Å²) in [7, 11) is 0. The molecule has 1 heterocycles. The summed E-state index contributed by atoms with van der Waals surface area (Å²) in [5, 5.41) is 6.33. The molecule has 0 unspecified atom stereocenters. The number of carbonyl (C=O) groups is 1. The van der Waals surface area contributed by atoms with E-state index in [0.29, 0.717) is 22.2 Å². The first kappa shape index (κ1) is 15.1. The van der Waals surface area contributed by atoms with E-state index in [2.05, 4.69) is 38.2 Å². The molecule has 0 aliphatic rings. The molecule has 2 rings (SSSR count). The van der Waals surface area contributed by atoms with Crippen LogP contribution in [0.5, 0.6) is 0 Å². The first-order valence-electron chi connectivity index (χ1n) is 6.07. The van der Waals surface area contributed by atoms with Gasteiger partial charge in [-0.15, -0.1) is 0 Å². The maximum absolute atomic E-state index is 12.1. The van der Waals surface area contributed by atoms with Gasteiger partial charge in [0.1, 0.15) is 11.5 Å². The van der Waals surface area contributed by atoms with E-state index in [-0.39, 0.29) is 5.91 Å². The molecule has 2 aromatic rings. The minimum atomic E-state index is -0.284. The van der Waals surface area contributed by atoms with Crippen LogP contribution in [-0.2, 0) is 0 Å². The van der Waals surface area contributed by atoms with E-state index in [1.54, 1.807) is 24.3 Å². The lowest BCUT2D eigenvalue weighted by Gasteiger charge is -2.08. The van der Waals surface area contributed by atoms with Crippen molar-refractivity contribution in [3.05, 3.63) is 50.7 Å². The normalized spacial score (nSPS) is 10.2. The van der Waals surface area contributed by atoms with E-state index in [1.165, 1.54) is 0 Å². The molecular weight excluding hydrogens is 389 g/mol. The van der Waals surface area contributed by atoms with Crippen molar-refractivity contribution in [2.75, 3.05) is 17.2 Å². The molecule has 0 fully saturated rings. The Balaban J connectivity index is 2.17. The fourth-order valence-corrected chi connectivity index (χ4v) is 2.52. The van der Waals surface area contributed by atoms with Crippen LogP contribution in [0.2, 0.25) is 5.02 Å². The van der Waals surface area contributed by atoms with E-state index in [9.17, 15) is 4.79 Å². The summed E-state index contributed by atoms with van der Waals surface area (Å²) in [6.07, 6.45) is 0. The Bertz CT molecular complexity index is 634. The molecule has 0 bridgehead atoms. The van der Waals surface area contributed by atoms with Crippen LogP contribution in [0.4, 0.5) is 11.5 Å². The van der Waals surface area contributed by atoms with Crippen LogP contribution >= 0.6 is 34.2 Å². The second-order valence-electron chi connectivity index (χ2n) is 4.02. The SMILES string of the molecule is CCNc1cccc(C(=O)Nc2ccc(I)cc2Cl)n1. The van der Waals surface area contributed by atoms with E-state index in [4.69, 9.17) is 11.6 Å². The number of nitrogens with one attached hydrogen (secondary N) is 2. The number of aromatic nitrogens is 1. The number of pyridine rings is 1. The summed E-state index contributed by atoms with van der Waals surface area (Å²) in [5.41, 5.74) is 0.922. The average molecular weight is 402 g/mol. The molecule has 1 aromatic carbocycles. The lowest BCUT2D eigenvalue weighted by molar-refractivity contribution is 0.102. The molecular formula is C14H13ClIN3O. The number of hydrogen-bond acceptors (Lipinski definition) is 3. The van der Waals surface area contributed by atoms with E-state index in [0.717, 1.165) is 10.1 Å². The minimum Gasteiger partial charge on any atom is -0.370 e. The Morgan fingerprint density at radius 1 is 1.35 bits per heavy atom. The average Bonchev–Trinajstić information content (AvgIpc) is 2.42. The second-order valence-corrected chi connectivity index (χ2v) is 5.67. The quantitative estimate of drug-likeness (QED) is 0.761. The molecule has 0 aliphatic carbocycles. The van der Waals surface area contributed by atoms with E-state index >= 15 is 0 Å². The van der Waals surface area contributed by atoms with Crippen LogP contribution in [0, 0.1) is 3.57 Å². The molecule has 0 saturated heterocycles. The topological polar surface area (TPSA) is 54.0 Å². The molecule has 0 atom stereocenters. The Kier molecular flexibility index (Phi) is 5.19. The first-order chi connectivity index (χ1) is 9.60. The number of rotatable bonds is 4. The van der Waals surface area contributed by atoms with Gasteiger partial charge in [0.15, 0.2) is 0 Å². The van der Waals surface area contributed by atoms with Crippen molar-refractivity contribution in [2.24, 2.45) is 0 Å². The third-order valence-corrected chi connectivity index (χ3v) is 3.50.